The van der Waals surface area contributed by atoms with E-state index in [2.05, 4.69) is 5.32 Å². The van der Waals surface area contributed by atoms with E-state index in [-0.39, 0.29) is 23.6 Å². The van der Waals surface area contributed by atoms with Crippen molar-refractivity contribution in [3.05, 3.63) is 18.2 Å². The second-order valence-corrected chi connectivity index (χ2v) is 5.25. The number of ether oxygens (including phenoxy) is 1. The number of β-amino-alcohol motifs (C(OH)–C–C–N with tert-alkyl or cyclic N) is 1. The molecule has 0 spiro atoms. The number of aromatic hydroxyl groups is 2. The van der Waals surface area contributed by atoms with Crippen molar-refractivity contribution in [1.82, 2.24) is 5.32 Å². The van der Waals surface area contributed by atoms with Crippen LogP contribution in [0.25, 0.3) is 0 Å². The van der Waals surface area contributed by atoms with Gasteiger partial charge in [0.05, 0.1) is 0 Å². The minimum atomic E-state index is -0.639. The Morgan fingerprint density at radius 1 is 1.22 bits per heavy atom. The van der Waals surface area contributed by atoms with Crippen LogP contribution in [0.3, 0.4) is 0 Å². The summed E-state index contributed by atoms with van der Waals surface area (Å²) in [4.78, 5) is 0. The molecular formula is C13H21NO4. The smallest absolute Gasteiger partial charge is 0.161 e. The highest BCUT2D eigenvalue weighted by molar-refractivity contribution is 5.43. The predicted octanol–water partition coefficient (Wildman–Crippen LogP) is 1.23. The van der Waals surface area contributed by atoms with E-state index >= 15 is 0 Å². The van der Waals surface area contributed by atoms with Crippen LogP contribution in [0.4, 0.5) is 0 Å². The summed E-state index contributed by atoms with van der Waals surface area (Å²) in [6, 6.07) is 4.17. The molecule has 1 aromatic carbocycles. The van der Waals surface area contributed by atoms with E-state index in [1.54, 1.807) is 0 Å². The molecular weight excluding hydrogens is 234 g/mol. The van der Waals surface area contributed by atoms with E-state index in [0.717, 1.165) is 0 Å². The maximum Gasteiger partial charge on any atom is 0.161 e. The normalized spacial score (nSPS) is 13.3. The zero-order valence-electron chi connectivity index (χ0n) is 11.0. The molecule has 5 heteroatoms. The third-order valence-electron chi connectivity index (χ3n) is 2.26. The minimum Gasteiger partial charge on any atom is -0.504 e. The lowest BCUT2D eigenvalue weighted by Gasteiger charge is -2.22. The molecule has 0 aromatic heterocycles. The molecule has 0 fully saturated rings. The van der Waals surface area contributed by atoms with Crippen molar-refractivity contribution in [2.45, 2.75) is 32.4 Å². The zero-order valence-corrected chi connectivity index (χ0v) is 11.0. The number of phenolic OH excluding ortho intramolecular Hbond substituents is 2. The minimum absolute atomic E-state index is 0.0578. The Hall–Kier alpha value is -1.46. The van der Waals surface area contributed by atoms with Gasteiger partial charge in [0.2, 0.25) is 0 Å². The zero-order chi connectivity index (χ0) is 13.8. The second kappa shape index (κ2) is 5.93. The van der Waals surface area contributed by atoms with Gasteiger partial charge in [0.1, 0.15) is 18.5 Å². The molecule has 4 N–H and O–H groups in total. The number of aliphatic hydroxyl groups excluding tert-OH is 1. The predicted molar refractivity (Wildman–Crippen MR) is 69.0 cm³/mol. The Balaban J connectivity index is 2.38. The van der Waals surface area contributed by atoms with Crippen molar-refractivity contribution in [2.24, 2.45) is 0 Å². The molecule has 0 bridgehead atoms. The lowest BCUT2D eigenvalue weighted by molar-refractivity contribution is 0.0999. The fourth-order valence-electron chi connectivity index (χ4n) is 1.27. The highest BCUT2D eigenvalue weighted by Gasteiger charge is 2.12. The Bertz CT molecular complexity index is 387. The van der Waals surface area contributed by atoms with Gasteiger partial charge >= 0.3 is 0 Å². The standard InChI is InChI=1S/C13H21NO4/c1-13(2,3)14-7-9(15)8-18-10-4-5-11(16)12(17)6-10/h4-6,9,14-17H,7-8H2,1-3H3. The fourth-order valence-corrected chi connectivity index (χ4v) is 1.27. The van der Waals surface area contributed by atoms with Crippen molar-refractivity contribution in [1.29, 1.82) is 0 Å². The molecule has 0 radical (unpaired) electrons. The van der Waals surface area contributed by atoms with E-state index < -0.39 is 6.10 Å². The number of benzene rings is 1. The van der Waals surface area contributed by atoms with E-state index in [1.165, 1.54) is 18.2 Å². The monoisotopic (exact) mass is 255 g/mol. The number of phenols is 2. The third-order valence-corrected chi connectivity index (χ3v) is 2.26. The molecule has 0 saturated carbocycles. The molecule has 18 heavy (non-hydrogen) atoms. The highest BCUT2D eigenvalue weighted by Crippen LogP contribution is 2.28. The fraction of sp³-hybridized carbons (Fsp3) is 0.538. The van der Waals surface area contributed by atoms with Crippen molar-refractivity contribution in [3.8, 4) is 17.2 Å². The summed E-state index contributed by atoms with van der Waals surface area (Å²) in [5.41, 5.74) is -0.0578. The van der Waals surface area contributed by atoms with Crippen molar-refractivity contribution >= 4 is 0 Å². The van der Waals surface area contributed by atoms with E-state index in [1.807, 2.05) is 20.8 Å². The molecule has 5 nitrogen and oxygen atoms in total. The largest absolute Gasteiger partial charge is 0.504 e. The first-order valence-corrected chi connectivity index (χ1v) is 5.86. The van der Waals surface area contributed by atoms with Crippen LogP contribution in [0.1, 0.15) is 20.8 Å². The summed E-state index contributed by atoms with van der Waals surface area (Å²) < 4.78 is 5.31. The summed E-state index contributed by atoms with van der Waals surface area (Å²) in [6.45, 7) is 6.58. The van der Waals surface area contributed by atoms with Crippen molar-refractivity contribution in [2.75, 3.05) is 13.2 Å². The van der Waals surface area contributed by atoms with Crippen LogP contribution in [0.2, 0.25) is 0 Å². The summed E-state index contributed by atoms with van der Waals surface area (Å²) in [6.07, 6.45) is -0.639. The molecule has 1 unspecified atom stereocenters. The molecule has 0 aliphatic heterocycles. The van der Waals surface area contributed by atoms with E-state index in [0.29, 0.717) is 12.3 Å². The van der Waals surface area contributed by atoms with Gasteiger partial charge in [-0.05, 0) is 32.9 Å². The van der Waals surface area contributed by atoms with Crippen LogP contribution in [0, 0.1) is 0 Å². The van der Waals surface area contributed by atoms with Gasteiger partial charge in [-0.1, -0.05) is 0 Å². The maximum absolute atomic E-state index is 9.70. The number of hydrogen-bond acceptors (Lipinski definition) is 5. The van der Waals surface area contributed by atoms with Gasteiger partial charge in [0, 0.05) is 18.2 Å². The van der Waals surface area contributed by atoms with Crippen LogP contribution in [-0.2, 0) is 0 Å². The summed E-state index contributed by atoms with van der Waals surface area (Å²) >= 11 is 0. The van der Waals surface area contributed by atoms with Gasteiger partial charge in [-0.2, -0.15) is 0 Å². The van der Waals surface area contributed by atoms with Gasteiger partial charge in [0.25, 0.3) is 0 Å². The summed E-state index contributed by atoms with van der Waals surface area (Å²) in [5, 5.41) is 31.3. The van der Waals surface area contributed by atoms with Gasteiger partial charge in [-0.25, -0.2) is 0 Å². The first-order valence-electron chi connectivity index (χ1n) is 5.86. The highest BCUT2D eigenvalue weighted by atomic mass is 16.5. The molecule has 0 aliphatic carbocycles. The Morgan fingerprint density at radius 3 is 2.44 bits per heavy atom. The maximum atomic E-state index is 9.70. The van der Waals surface area contributed by atoms with Crippen LogP contribution < -0.4 is 10.1 Å². The summed E-state index contributed by atoms with van der Waals surface area (Å²) in [5.74, 6) is -0.0350. The van der Waals surface area contributed by atoms with Crippen LogP contribution in [0.15, 0.2) is 18.2 Å². The molecule has 1 aromatic rings. The molecule has 1 rings (SSSR count). The van der Waals surface area contributed by atoms with E-state index in [9.17, 15) is 10.2 Å². The van der Waals surface area contributed by atoms with Crippen molar-refractivity contribution < 1.29 is 20.1 Å². The Morgan fingerprint density at radius 2 is 1.89 bits per heavy atom. The molecule has 1 atom stereocenters. The molecule has 0 aliphatic rings. The molecule has 102 valence electrons. The number of rotatable bonds is 5. The Labute approximate surface area is 107 Å². The average Bonchev–Trinajstić information content (AvgIpc) is 2.27. The van der Waals surface area contributed by atoms with Crippen molar-refractivity contribution in [3.63, 3.8) is 0 Å². The topological polar surface area (TPSA) is 82.0 Å². The molecule has 0 heterocycles. The average molecular weight is 255 g/mol. The van der Waals surface area contributed by atoms with Crippen LogP contribution in [0.5, 0.6) is 17.2 Å². The first-order chi connectivity index (χ1) is 8.28. The van der Waals surface area contributed by atoms with Crippen LogP contribution >= 0.6 is 0 Å². The van der Waals surface area contributed by atoms with Gasteiger partial charge in [0.15, 0.2) is 11.5 Å². The number of nitrogens with one attached hydrogen (secondary N) is 1. The van der Waals surface area contributed by atoms with Gasteiger partial charge < -0.3 is 25.4 Å². The summed E-state index contributed by atoms with van der Waals surface area (Å²) in [7, 11) is 0. The molecule has 0 saturated heterocycles. The first kappa shape index (κ1) is 14.6. The lowest BCUT2D eigenvalue weighted by Crippen LogP contribution is -2.42. The molecule has 0 amide bonds. The van der Waals surface area contributed by atoms with Gasteiger partial charge in [-0.15, -0.1) is 0 Å². The Kier molecular flexibility index (Phi) is 4.81. The lowest BCUT2D eigenvalue weighted by atomic mass is 10.1. The van der Waals surface area contributed by atoms with Gasteiger partial charge in [-0.3, -0.25) is 0 Å². The SMILES string of the molecule is CC(C)(C)NCC(O)COc1ccc(O)c(O)c1. The quantitative estimate of drug-likeness (QED) is 0.595. The van der Waals surface area contributed by atoms with Crippen LogP contribution in [-0.4, -0.2) is 40.1 Å². The third kappa shape index (κ3) is 5.25. The number of aliphatic hydroxyl groups is 1. The number of hydrogen-bond donors (Lipinski definition) is 4. The van der Waals surface area contributed by atoms with E-state index in [4.69, 9.17) is 9.84 Å². The second-order valence-electron chi connectivity index (χ2n) is 5.25.